The lowest BCUT2D eigenvalue weighted by molar-refractivity contribution is 0.237. The lowest BCUT2D eigenvalue weighted by atomic mass is 10.2. The Balaban J connectivity index is 3.71. The molecule has 0 aliphatic rings. The van der Waals surface area contributed by atoms with Crippen LogP contribution in [0.4, 0.5) is 0 Å². The third-order valence-electron chi connectivity index (χ3n) is 1.82. The maximum Gasteiger partial charge on any atom is 0.389 e. The molecule has 0 aliphatic carbocycles. The summed E-state index contributed by atoms with van der Waals surface area (Å²) in [5.74, 6) is 0.858. The number of rotatable bonds is 10. The second kappa shape index (κ2) is 9.71. The summed E-state index contributed by atoms with van der Waals surface area (Å²) < 4.78 is 22.3. The van der Waals surface area contributed by atoms with Gasteiger partial charge < -0.3 is 9.05 Å². The molecule has 0 bridgehead atoms. The van der Waals surface area contributed by atoms with Crippen molar-refractivity contribution >= 4 is 18.2 Å². The van der Waals surface area contributed by atoms with Crippen LogP contribution in [0, 0.1) is 0 Å². The summed E-state index contributed by atoms with van der Waals surface area (Å²) >= 11 is 1.33. The molecule has 0 amide bonds. The van der Waals surface area contributed by atoms with Gasteiger partial charge in [-0.05, 0) is 31.7 Å². The molecular weight excluding hydrogens is 231 g/mol. The largest absolute Gasteiger partial charge is 0.389 e. The van der Waals surface area contributed by atoms with E-state index in [-0.39, 0.29) is 0 Å². The smallest absolute Gasteiger partial charge is 0.301 e. The zero-order valence-electron chi connectivity index (χ0n) is 10.0. The molecule has 0 heterocycles. The highest BCUT2D eigenvalue weighted by molar-refractivity contribution is 8.55. The van der Waals surface area contributed by atoms with Crippen molar-refractivity contribution in [1.82, 2.24) is 0 Å². The van der Waals surface area contributed by atoms with Gasteiger partial charge in [-0.1, -0.05) is 26.2 Å². The molecule has 0 radical (unpaired) electrons. The maximum absolute atomic E-state index is 12.0. The van der Waals surface area contributed by atoms with Crippen molar-refractivity contribution in [2.45, 2.75) is 46.5 Å². The predicted molar refractivity (Wildman–Crippen MR) is 67.5 cm³/mol. The summed E-state index contributed by atoms with van der Waals surface area (Å²) in [6, 6.07) is 0. The molecule has 0 unspecified atom stereocenters. The SMILES string of the molecule is CCCCCCSP(=O)(OCC)OCC. The van der Waals surface area contributed by atoms with E-state index in [2.05, 4.69) is 6.92 Å². The molecule has 0 N–H and O–H groups in total. The highest BCUT2D eigenvalue weighted by Gasteiger charge is 2.23. The summed E-state index contributed by atoms with van der Waals surface area (Å²) in [6.07, 6.45) is 4.75. The van der Waals surface area contributed by atoms with Crippen molar-refractivity contribution in [3.63, 3.8) is 0 Å². The quantitative estimate of drug-likeness (QED) is 0.425. The standard InChI is InChI=1S/C10H23O3PS/c1-4-7-8-9-10-15-14(11,12-5-2)13-6-3/h4-10H2,1-3H3. The van der Waals surface area contributed by atoms with Crippen molar-refractivity contribution < 1.29 is 13.6 Å². The van der Waals surface area contributed by atoms with E-state index in [9.17, 15) is 4.57 Å². The number of hydrogen-bond acceptors (Lipinski definition) is 4. The van der Waals surface area contributed by atoms with E-state index in [0.717, 1.165) is 12.2 Å². The van der Waals surface area contributed by atoms with Gasteiger partial charge >= 0.3 is 6.80 Å². The average molecular weight is 254 g/mol. The van der Waals surface area contributed by atoms with Gasteiger partial charge in [0.05, 0.1) is 13.2 Å². The Morgan fingerprint density at radius 1 is 1.00 bits per heavy atom. The van der Waals surface area contributed by atoms with Crippen molar-refractivity contribution in [2.24, 2.45) is 0 Å². The second-order valence-electron chi connectivity index (χ2n) is 3.18. The molecule has 0 fully saturated rings. The number of unbranched alkanes of at least 4 members (excludes halogenated alkanes) is 3. The highest BCUT2D eigenvalue weighted by Crippen LogP contribution is 2.60. The lowest BCUT2D eigenvalue weighted by Gasteiger charge is -2.15. The van der Waals surface area contributed by atoms with Crippen LogP contribution >= 0.6 is 18.2 Å². The molecule has 0 aliphatic heterocycles. The molecule has 15 heavy (non-hydrogen) atoms. The molecule has 5 heteroatoms. The maximum atomic E-state index is 12.0. The molecule has 3 nitrogen and oxygen atoms in total. The zero-order valence-corrected chi connectivity index (χ0v) is 11.7. The van der Waals surface area contributed by atoms with E-state index in [1.54, 1.807) is 0 Å². The molecular formula is C10H23O3PS. The van der Waals surface area contributed by atoms with Crippen molar-refractivity contribution in [2.75, 3.05) is 19.0 Å². The first kappa shape index (κ1) is 15.5. The topological polar surface area (TPSA) is 35.5 Å². The Labute approximate surface area is 97.6 Å². The van der Waals surface area contributed by atoms with Crippen molar-refractivity contribution in [1.29, 1.82) is 0 Å². The minimum atomic E-state index is -2.85. The van der Waals surface area contributed by atoms with Gasteiger partial charge in [0.2, 0.25) is 0 Å². The minimum Gasteiger partial charge on any atom is -0.301 e. The van der Waals surface area contributed by atoms with Gasteiger partial charge in [0.1, 0.15) is 0 Å². The first-order valence-corrected chi connectivity index (χ1v) is 8.85. The van der Waals surface area contributed by atoms with Crippen LogP contribution in [0.3, 0.4) is 0 Å². The normalized spacial score (nSPS) is 11.9. The first-order chi connectivity index (χ1) is 7.18. The van der Waals surface area contributed by atoms with Crippen molar-refractivity contribution in [3.8, 4) is 0 Å². The van der Waals surface area contributed by atoms with Crippen LogP contribution < -0.4 is 0 Å². The van der Waals surface area contributed by atoms with Crippen LogP contribution in [0.15, 0.2) is 0 Å². The third-order valence-corrected chi connectivity index (χ3v) is 5.89. The molecule has 0 aromatic heterocycles. The lowest BCUT2D eigenvalue weighted by Crippen LogP contribution is -1.93. The van der Waals surface area contributed by atoms with Crippen LogP contribution in [0.2, 0.25) is 0 Å². The summed E-state index contributed by atoms with van der Waals surface area (Å²) in [5.41, 5.74) is 0. The van der Waals surface area contributed by atoms with Gasteiger partial charge in [-0.3, -0.25) is 0 Å². The Morgan fingerprint density at radius 3 is 2.07 bits per heavy atom. The summed E-state index contributed by atoms with van der Waals surface area (Å²) in [7, 11) is 0. The summed E-state index contributed by atoms with van der Waals surface area (Å²) in [4.78, 5) is 0. The van der Waals surface area contributed by atoms with Gasteiger partial charge in [0.15, 0.2) is 0 Å². The Hall–Kier alpha value is 0.500. The first-order valence-electron chi connectivity index (χ1n) is 5.72. The van der Waals surface area contributed by atoms with E-state index in [1.165, 1.54) is 30.6 Å². The number of hydrogen-bond donors (Lipinski definition) is 0. The van der Waals surface area contributed by atoms with Gasteiger partial charge in [-0.15, -0.1) is 0 Å². The van der Waals surface area contributed by atoms with Crippen LogP contribution in [0.1, 0.15) is 46.5 Å². The van der Waals surface area contributed by atoms with E-state index < -0.39 is 6.80 Å². The molecule has 0 aromatic carbocycles. The van der Waals surface area contributed by atoms with Crippen LogP contribution in [-0.4, -0.2) is 19.0 Å². The Bertz CT molecular complexity index is 178. The highest BCUT2D eigenvalue weighted by atomic mass is 32.7. The fraction of sp³-hybridized carbons (Fsp3) is 1.00. The van der Waals surface area contributed by atoms with Gasteiger partial charge in [0.25, 0.3) is 0 Å². The Kier molecular flexibility index (Phi) is 10.0. The molecule has 0 saturated carbocycles. The average Bonchev–Trinajstić information content (AvgIpc) is 2.18. The molecule has 0 spiro atoms. The fourth-order valence-electron chi connectivity index (χ4n) is 1.13. The monoisotopic (exact) mass is 254 g/mol. The summed E-state index contributed by atoms with van der Waals surface area (Å²) in [6.45, 7) is 3.89. The molecule has 0 saturated heterocycles. The zero-order chi connectivity index (χ0) is 11.6. The molecule has 0 aromatic rings. The molecule has 0 atom stereocenters. The van der Waals surface area contributed by atoms with Crippen LogP contribution in [0.5, 0.6) is 0 Å². The van der Waals surface area contributed by atoms with Gasteiger partial charge in [0, 0.05) is 5.75 Å². The van der Waals surface area contributed by atoms with E-state index in [1.807, 2.05) is 13.8 Å². The van der Waals surface area contributed by atoms with Crippen molar-refractivity contribution in [3.05, 3.63) is 0 Å². The van der Waals surface area contributed by atoms with E-state index >= 15 is 0 Å². The van der Waals surface area contributed by atoms with Crippen LogP contribution in [0.25, 0.3) is 0 Å². The summed E-state index contributed by atoms with van der Waals surface area (Å²) in [5, 5.41) is 0. The van der Waals surface area contributed by atoms with Gasteiger partial charge in [-0.25, -0.2) is 4.57 Å². The van der Waals surface area contributed by atoms with E-state index in [4.69, 9.17) is 9.05 Å². The fourth-order valence-corrected chi connectivity index (χ4v) is 4.68. The predicted octanol–water partition coefficient (Wildman–Crippen LogP) is 4.48. The van der Waals surface area contributed by atoms with E-state index in [0.29, 0.717) is 13.2 Å². The Morgan fingerprint density at radius 2 is 1.60 bits per heavy atom. The third kappa shape index (κ3) is 8.32. The minimum absolute atomic E-state index is 0.444. The van der Waals surface area contributed by atoms with Gasteiger partial charge in [-0.2, -0.15) is 0 Å². The molecule has 92 valence electrons. The molecule has 0 rings (SSSR count). The second-order valence-corrected chi connectivity index (χ2v) is 7.37. The van der Waals surface area contributed by atoms with Crippen LogP contribution in [-0.2, 0) is 13.6 Å².